The molecule has 0 amide bonds. The molecule has 0 aliphatic heterocycles. The van der Waals surface area contributed by atoms with Gasteiger partial charge in [-0.15, -0.1) is 0 Å². The quantitative estimate of drug-likeness (QED) is 0.487. The number of aliphatic imine (C=N–C) groups is 1. The van der Waals surface area contributed by atoms with Gasteiger partial charge in [0.1, 0.15) is 0 Å². The van der Waals surface area contributed by atoms with Crippen molar-refractivity contribution in [2.45, 2.75) is 47.5 Å². The van der Waals surface area contributed by atoms with Crippen LogP contribution in [0.25, 0.3) is 5.57 Å². The Bertz CT molecular complexity index is 602. The molecule has 1 unspecified atom stereocenters. The Morgan fingerprint density at radius 3 is 2.43 bits per heavy atom. The standard InChI is InChI=1S/C20H27N/c1-6-7-12-21-13-18-10-8-9-11-19(18)20-16(4)14(2)15(3)17(20)5/h8-11,13,16H,6-7,12H2,1-5H3. The number of hydrogen-bond acceptors (Lipinski definition) is 1. The molecule has 0 saturated carbocycles. The molecule has 0 N–H and O–H groups in total. The van der Waals surface area contributed by atoms with Crippen LogP contribution in [0, 0.1) is 5.92 Å². The number of rotatable bonds is 5. The maximum atomic E-state index is 4.59. The molecule has 0 radical (unpaired) electrons. The fourth-order valence-electron chi connectivity index (χ4n) is 3.07. The van der Waals surface area contributed by atoms with Gasteiger partial charge in [-0.05, 0) is 55.0 Å². The zero-order valence-corrected chi connectivity index (χ0v) is 14.0. The van der Waals surface area contributed by atoms with E-state index >= 15 is 0 Å². The molecule has 0 saturated heterocycles. The Kier molecular flexibility index (Phi) is 5.17. The number of benzene rings is 1. The predicted molar refractivity (Wildman–Crippen MR) is 93.9 cm³/mol. The third-order valence-electron chi connectivity index (χ3n) is 4.76. The molecule has 1 atom stereocenters. The van der Waals surface area contributed by atoms with Crippen molar-refractivity contribution in [2.24, 2.45) is 10.9 Å². The zero-order chi connectivity index (χ0) is 15.4. The number of nitrogens with zero attached hydrogens (tertiary/aromatic N) is 1. The van der Waals surface area contributed by atoms with Crippen LogP contribution in [0.2, 0.25) is 0 Å². The second-order valence-corrected chi connectivity index (χ2v) is 6.04. The molecule has 1 nitrogen and oxygen atoms in total. The van der Waals surface area contributed by atoms with Crippen molar-refractivity contribution in [2.75, 3.05) is 6.54 Å². The third-order valence-corrected chi connectivity index (χ3v) is 4.76. The maximum Gasteiger partial charge on any atom is 0.0389 e. The summed E-state index contributed by atoms with van der Waals surface area (Å²) in [5, 5.41) is 0. The van der Waals surface area contributed by atoms with Gasteiger partial charge >= 0.3 is 0 Å². The van der Waals surface area contributed by atoms with E-state index < -0.39 is 0 Å². The lowest BCUT2D eigenvalue weighted by molar-refractivity contribution is 0.810. The Morgan fingerprint density at radius 1 is 1.10 bits per heavy atom. The van der Waals surface area contributed by atoms with Crippen LogP contribution in [0.5, 0.6) is 0 Å². The van der Waals surface area contributed by atoms with Crippen LogP contribution in [0.15, 0.2) is 46.0 Å². The zero-order valence-electron chi connectivity index (χ0n) is 14.0. The second kappa shape index (κ2) is 6.89. The van der Waals surface area contributed by atoms with Gasteiger partial charge in [-0.2, -0.15) is 0 Å². The molecule has 2 rings (SSSR count). The van der Waals surface area contributed by atoms with E-state index in [1.165, 1.54) is 39.8 Å². The Balaban J connectivity index is 2.36. The minimum atomic E-state index is 0.509. The summed E-state index contributed by atoms with van der Waals surface area (Å²) in [6.07, 6.45) is 4.42. The summed E-state index contributed by atoms with van der Waals surface area (Å²) in [6, 6.07) is 8.66. The topological polar surface area (TPSA) is 12.4 Å². The van der Waals surface area contributed by atoms with Gasteiger partial charge in [-0.3, -0.25) is 4.99 Å². The summed E-state index contributed by atoms with van der Waals surface area (Å²) in [5.74, 6) is 0.509. The molecule has 1 heteroatoms. The molecule has 21 heavy (non-hydrogen) atoms. The molecule has 1 aliphatic rings. The van der Waals surface area contributed by atoms with Gasteiger partial charge in [0.15, 0.2) is 0 Å². The first-order chi connectivity index (χ1) is 10.1. The van der Waals surface area contributed by atoms with Gasteiger partial charge in [0.05, 0.1) is 0 Å². The summed E-state index contributed by atoms with van der Waals surface area (Å²) < 4.78 is 0. The van der Waals surface area contributed by atoms with E-state index in [-0.39, 0.29) is 0 Å². The van der Waals surface area contributed by atoms with Crippen molar-refractivity contribution in [3.05, 3.63) is 52.1 Å². The summed E-state index contributed by atoms with van der Waals surface area (Å²) in [4.78, 5) is 4.59. The van der Waals surface area contributed by atoms with Crippen molar-refractivity contribution < 1.29 is 0 Å². The number of allylic oxidation sites excluding steroid dienone is 4. The first kappa shape index (κ1) is 15.8. The predicted octanol–water partition coefficient (Wildman–Crippen LogP) is 5.67. The second-order valence-electron chi connectivity index (χ2n) is 6.04. The fourth-order valence-corrected chi connectivity index (χ4v) is 3.07. The summed E-state index contributed by atoms with van der Waals surface area (Å²) in [6.45, 7) is 12.2. The highest BCUT2D eigenvalue weighted by Crippen LogP contribution is 2.42. The number of hydrogen-bond donors (Lipinski definition) is 0. The molecule has 0 bridgehead atoms. The molecule has 1 aromatic carbocycles. The lowest BCUT2D eigenvalue weighted by Gasteiger charge is -2.15. The molecule has 0 spiro atoms. The van der Waals surface area contributed by atoms with Gasteiger partial charge < -0.3 is 0 Å². The molecular formula is C20H27N. The van der Waals surface area contributed by atoms with Gasteiger partial charge in [0.25, 0.3) is 0 Å². The lowest BCUT2D eigenvalue weighted by Crippen LogP contribution is -2.01. The van der Waals surface area contributed by atoms with Crippen molar-refractivity contribution in [1.29, 1.82) is 0 Å². The lowest BCUT2D eigenvalue weighted by atomic mass is 9.89. The Labute approximate surface area is 129 Å². The first-order valence-corrected chi connectivity index (χ1v) is 8.05. The Morgan fingerprint density at radius 2 is 1.81 bits per heavy atom. The smallest absolute Gasteiger partial charge is 0.0389 e. The van der Waals surface area contributed by atoms with Crippen LogP contribution in [0.3, 0.4) is 0 Å². The van der Waals surface area contributed by atoms with Crippen LogP contribution < -0.4 is 0 Å². The van der Waals surface area contributed by atoms with Gasteiger partial charge in [0, 0.05) is 18.7 Å². The fraction of sp³-hybridized carbons (Fsp3) is 0.450. The SMILES string of the molecule is CCCCN=Cc1ccccc1C1=C(C)C(C)=C(C)C1C. The third kappa shape index (κ3) is 3.18. The molecule has 112 valence electrons. The Hall–Kier alpha value is -1.63. The van der Waals surface area contributed by atoms with Crippen molar-refractivity contribution in [3.8, 4) is 0 Å². The average molecular weight is 281 g/mol. The van der Waals surface area contributed by atoms with Crippen LogP contribution in [0.4, 0.5) is 0 Å². The van der Waals surface area contributed by atoms with Gasteiger partial charge in [-0.1, -0.05) is 50.1 Å². The van der Waals surface area contributed by atoms with E-state index in [0.29, 0.717) is 5.92 Å². The van der Waals surface area contributed by atoms with E-state index in [2.05, 4.69) is 70.1 Å². The van der Waals surface area contributed by atoms with Gasteiger partial charge in [-0.25, -0.2) is 0 Å². The molecule has 1 aliphatic carbocycles. The van der Waals surface area contributed by atoms with E-state index in [1.54, 1.807) is 0 Å². The molecule has 0 aromatic heterocycles. The highest BCUT2D eigenvalue weighted by molar-refractivity contribution is 5.92. The number of unbranched alkanes of at least 4 members (excludes halogenated alkanes) is 1. The van der Waals surface area contributed by atoms with Crippen molar-refractivity contribution in [3.63, 3.8) is 0 Å². The highest BCUT2D eigenvalue weighted by atomic mass is 14.7. The first-order valence-electron chi connectivity index (χ1n) is 8.05. The molecule has 1 aromatic rings. The van der Waals surface area contributed by atoms with Crippen LogP contribution in [0.1, 0.15) is 58.6 Å². The molecular weight excluding hydrogens is 254 g/mol. The minimum absolute atomic E-state index is 0.509. The van der Waals surface area contributed by atoms with E-state index in [9.17, 15) is 0 Å². The molecule has 0 fully saturated rings. The van der Waals surface area contributed by atoms with Gasteiger partial charge in [0.2, 0.25) is 0 Å². The largest absolute Gasteiger partial charge is 0.293 e. The van der Waals surface area contributed by atoms with Crippen LogP contribution in [-0.4, -0.2) is 12.8 Å². The maximum absolute atomic E-state index is 4.59. The minimum Gasteiger partial charge on any atom is -0.293 e. The summed E-state index contributed by atoms with van der Waals surface area (Å²) >= 11 is 0. The monoisotopic (exact) mass is 281 g/mol. The van der Waals surface area contributed by atoms with Crippen molar-refractivity contribution in [1.82, 2.24) is 0 Å². The van der Waals surface area contributed by atoms with E-state index in [0.717, 1.165) is 13.0 Å². The van der Waals surface area contributed by atoms with E-state index in [4.69, 9.17) is 0 Å². The molecule has 0 heterocycles. The van der Waals surface area contributed by atoms with Crippen LogP contribution >= 0.6 is 0 Å². The van der Waals surface area contributed by atoms with E-state index in [1.807, 2.05) is 0 Å². The normalized spacial score (nSPS) is 19.2. The highest BCUT2D eigenvalue weighted by Gasteiger charge is 2.25. The summed E-state index contributed by atoms with van der Waals surface area (Å²) in [7, 11) is 0. The average Bonchev–Trinajstić information content (AvgIpc) is 2.68. The van der Waals surface area contributed by atoms with Crippen molar-refractivity contribution >= 4 is 11.8 Å². The van der Waals surface area contributed by atoms with Crippen LogP contribution in [-0.2, 0) is 0 Å². The summed E-state index contributed by atoms with van der Waals surface area (Å²) in [5.41, 5.74) is 8.46.